The summed E-state index contributed by atoms with van der Waals surface area (Å²) < 4.78 is 12.3. The molecule has 1 amide bonds. The fourth-order valence-electron chi connectivity index (χ4n) is 2.82. The molecule has 0 aliphatic heterocycles. The number of ether oxygens (including phenoxy) is 1. The summed E-state index contributed by atoms with van der Waals surface area (Å²) in [7, 11) is 1.55. The minimum atomic E-state index is -0.304. The quantitative estimate of drug-likeness (QED) is 0.519. The van der Waals surface area contributed by atoms with Gasteiger partial charge in [0.2, 0.25) is 5.88 Å². The molecule has 4 aromatic rings. The van der Waals surface area contributed by atoms with Gasteiger partial charge in [0.05, 0.1) is 19.1 Å². The Labute approximate surface area is 171 Å². The molecule has 7 nitrogen and oxygen atoms in total. The van der Waals surface area contributed by atoms with Crippen LogP contribution < -0.4 is 10.1 Å². The van der Waals surface area contributed by atoms with Crippen LogP contribution in [0.15, 0.2) is 71.5 Å². The van der Waals surface area contributed by atoms with E-state index in [-0.39, 0.29) is 11.6 Å². The van der Waals surface area contributed by atoms with Gasteiger partial charge in [-0.15, -0.1) is 0 Å². The largest absolute Gasteiger partial charge is 0.481 e. The summed E-state index contributed by atoms with van der Waals surface area (Å²) in [5.41, 5.74) is 2.56. The van der Waals surface area contributed by atoms with Crippen molar-refractivity contribution in [1.29, 1.82) is 0 Å². The van der Waals surface area contributed by atoms with Gasteiger partial charge < -0.3 is 14.5 Å². The molecule has 146 valence electrons. The van der Waals surface area contributed by atoms with Crippen molar-refractivity contribution in [2.75, 3.05) is 7.11 Å². The van der Waals surface area contributed by atoms with Gasteiger partial charge in [-0.2, -0.15) is 5.10 Å². The van der Waals surface area contributed by atoms with E-state index in [4.69, 9.17) is 20.8 Å². The van der Waals surface area contributed by atoms with Crippen LogP contribution in [-0.4, -0.2) is 27.8 Å². The summed E-state index contributed by atoms with van der Waals surface area (Å²) in [5.74, 6) is 0.788. The van der Waals surface area contributed by atoms with Gasteiger partial charge in [-0.05, 0) is 48.0 Å². The Morgan fingerprint density at radius 3 is 2.76 bits per heavy atom. The average molecular weight is 409 g/mol. The topological polar surface area (TPSA) is 82.2 Å². The molecule has 0 spiro atoms. The summed E-state index contributed by atoms with van der Waals surface area (Å²) in [6.07, 6.45) is 3.20. The Morgan fingerprint density at radius 1 is 1.21 bits per heavy atom. The highest BCUT2D eigenvalue weighted by Crippen LogP contribution is 2.25. The van der Waals surface area contributed by atoms with E-state index >= 15 is 0 Å². The smallest absolute Gasteiger partial charge is 0.272 e. The van der Waals surface area contributed by atoms with Crippen molar-refractivity contribution in [2.24, 2.45) is 0 Å². The SMILES string of the molecule is COc1cc(CNC(=O)c2cc(-c3ccco3)n(-c3ccc(Cl)cc3)n2)ccn1. The second-order valence-electron chi connectivity index (χ2n) is 6.17. The molecular weight excluding hydrogens is 392 g/mol. The Bertz CT molecular complexity index is 1120. The summed E-state index contributed by atoms with van der Waals surface area (Å²) in [5, 5.41) is 7.96. The van der Waals surface area contributed by atoms with Gasteiger partial charge in [-0.25, -0.2) is 9.67 Å². The monoisotopic (exact) mass is 408 g/mol. The summed E-state index contributed by atoms with van der Waals surface area (Å²) >= 11 is 5.99. The molecular formula is C21H17ClN4O3. The Hall–Kier alpha value is -3.58. The van der Waals surface area contributed by atoms with E-state index in [1.54, 1.807) is 54.6 Å². The van der Waals surface area contributed by atoms with Crippen molar-refractivity contribution in [2.45, 2.75) is 6.54 Å². The molecule has 0 fully saturated rings. The third kappa shape index (κ3) is 4.14. The van der Waals surface area contributed by atoms with Gasteiger partial charge in [0.15, 0.2) is 11.5 Å². The van der Waals surface area contributed by atoms with Gasteiger partial charge in [0, 0.05) is 29.9 Å². The first kappa shape index (κ1) is 18.8. The standard InChI is InChI=1S/C21H17ClN4O3/c1-28-20-11-14(8-9-23-20)13-24-21(27)17-12-18(19-3-2-10-29-19)26(25-17)16-6-4-15(22)5-7-16/h2-12H,13H2,1H3,(H,24,27). The molecule has 3 heterocycles. The first-order valence-electron chi connectivity index (χ1n) is 8.81. The maximum absolute atomic E-state index is 12.7. The van der Waals surface area contributed by atoms with E-state index in [0.29, 0.717) is 28.9 Å². The van der Waals surface area contributed by atoms with Crippen molar-refractivity contribution < 1.29 is 13.9 Å². The number of pyridine rings is 1. The lowest BCUT2D eigenvalue weighted by Crippen LogP contribution is -2.23. The van der Waals surface area contributed by atoms with Crippen LogP contribution in [0.25, 0.3) is 17.1 Å². The number of rotatable bonds is 6. The van der Waals surface area contributed by atoms with Crippen molar-refractivity contribution in [3.63, 3.8) is 0 Å². The zero-order valence-corrected chi connectivity index (χ0v) is 16.3. The van der Waals surface area contributed by atoms with Gasteiger partial charge in [0.25, 0.3) is 5.91 Å². The lowest BCUT2D eigenvalue weighted by atomic mass is 10.2. The van der Waals surface area contributed by atoms with E-state index in [1.807, 2.05) is 24.3 Å². The molecule has 8 heteroatoms. The maximum Gasteiger partial charge on any atom is 0.272 e. The predicted molar refractivity (Wildman–Crippen MR) is 108 cm³/mol. The Balaban J connectivity index is 1.61. The van der Waals surface area contributed by atoms with Gasteiger partial charge in [-0.3, -0.25) is 4.79 Å². The molecule has 1 aromatic carbocycles. The second kappa shape index (κ2) is 8.20. The molecule has 0 unspecified atom stereocenters. The van der Waals surface area contributed by atoms with Crippen molar-refractivity contribution in [3.05, 3.63) is 83.3 Å². The van der Waals surface area contributed by atoms with Crippen LogP contribution >= 0.6 is 11.6 Å². The van der Waals surface area contributed by atoms with Crippen LogP contribution in [0.2, 0.25) is 5.02 Å². The fourth-order valence-corrected chi connectivity index (χ4v) is 2.94. The molecule has 4 rings (SSSR count). The molecule has 0 aliphatic rings. The highest BCUT2D eigenvalue weighted by Gasteiger charge is 2.18. The number of furan rings is 1. The highest BCUT2D eigenvalue weighted by molar-refractivity contribution is 6.30. The molecule has 0 saturated carbocycles. The zero-order valence-electron chi connectivity index (χ0n) is 15.5. The lowest BCUT2D eigenvalue weighted by molar-refractivity contribution is 0.0945. The molecule has 1 N–H and O–H groups in total. The van der Waals surface area contributed by atoms with Crippen LogP contribution in [0.1, 0.15) is 16.1 Å². The van der Waals surface area contributed by atoms with Crippen LogP contribution in [0.4, 0.5) is 0 Å². The third-order valence-electron chi connectivity index (χ3n) is 4.25. The van der Waals surface area contributed by atoms with Crippen molar-refractivity contribution in [1.82, 2.24) is 20.1 Å². The number of amides is 1. The highest BCUT2D eigenvalue weighted by atomic mass is 35.5. The van der Waals surface area contributed by atoms with E-state index in [1.165, 1.54) is 0 Å². The molecule has 0 bridgehead atoms. The number of hydrogen-bond donors (Lipinski definition) is 1. The molecule has 29 heavy (non-hydrogen) atoms. The molecule has 0 aliphatic carbocycles. The number of nitrogens with zero attached hydrogens (tertiary/aromatic N) is 3. The third-order valence-corrected chi connectivity index (χ3v) is 4.50. The number of nitrogens with one attached hydrogen (secondary N) is 1. The Kier molecular flexibility index (Phi) is 5.31. The van der Waals surface area contributed by atoms with Crippen molar-refractivity contribution in [3.8, 4) is 23.0 Å². The van der Waals surface area contributed by atoms with Gasteiger partial charge >= 0.3 is 0 Å². The molecule has 0 atom stereocenters. The van der Waals surface area contributed by atoms with Crippen LogP contribution in [0.3, 0.4) is 0 Å². The normalized spacial score (nSPS) is 10.7. The van der Waals surface area contributed by atoms with Crippen LogP contribution in [0.5, 0.6) is 5.88 Å². The number of benzene rings is 1. The average Bonchev–Trinajstić information content (AvgIpc) is 3.42. The molecule has 0 radical (unpaired) electrons. The first-order valence-corrected chi connectivity index (χ1v) is 9.19. The summed E-state index contributed by atoms with van der Waals surface area (Å²) in [6, 6.07) is 16.0. The minimum absolute atomic E-state index is 0.271. The maximum atomic E-state index is 12.7. The van der Waals surface area contributed by atoms with Crippen LogP contribution in [-0.2, 0) is 6.54 Å². The zero-order chi connectivity index (χ0) is 20.2. The second-order valence-corrected chi connectivity index (χ2v) is 6.61. The van der Waals surface area contributed by atoms with E-state index in [0.717, 1.165) is 11.3 Å². The summed E-state index contributed by atoms with van der Waals surface area (Å²) in [4.78, 5) is 16.8. The number of halogens is 1. The van der Waals surface area contributed by atoms with Crippen LogP contribution in [0, 0.1) is 0 Å². The number of aromatic nitrogens is 3. The number of carbonyl (C=O) groups excluding carboxylic acids is 1. The molecule has 3 aromatic heterocycles. The predicted octanol–water partition coefficient (Wildman–Crippen LogP) is 4.12. The van der Waals surface area contributed by atoms with Gasteiger partial charge in [0.1, 0.15) is 5.69 Å². The Morgan fingerprint density at radius 2 is 2.03 bits per heavy atom. The minimum Gasteiger partial charge on any atom is -0.481 e. The van der Waals surface area contributed by atoms with Gasteiger partial charge in [-0.1, -0.05) is 11.6 Å². The fraction of sp³-hybridized carbons (Fsp3) is 0.0952. The van der Waals surface area contributed by atoms with E-state index in [9.17, 15) is 4.79 Å². The van der Waals surface area contributed by atoms with Crippen molar-refractivity contribution >= 4 is 17.5 Å². The number of methoxy groups -OCH3 is 1. The number of hydrogen-bond acceptors (Lipinski definition) is 5. The molecule has 0 saturated heterocycles. The lowest BCUT2D eigenvalue weighted by Gasteiger charge is -2.06. The first-order chi connectivity index (χ1) is 14.1. The number of carbonyl (C=O) groups is 1. The van der Waals surface area contributed by atoms with E-state index < -0.39 is 0 Å². The summed E-state index contributed by atoms with van der Waals surface area (Å²) in [6.45, 7) is 0.321. The van der Waals surface area contributed by atoms with E-state index in [2.05, 4.69) is 15.4 Å².